The Bertz CT molecular complexity index is 821. The highest BCUT2D eigenvalue weighted by Gasteiger charge is 2.12. The first-order valence-corrected chi connectivity index (χ1v) is 7.86. The Hall–Kier alpha value is -3.00. The first kappa shape index (κ1) is 15.9. The van der Waals surface area contributed by atoms with Crippen molar-refractivity contribution in [1.82, 2.24) is 0 Å². The Morgan fingerprint density at radius 2 is 1.42 bits per heavy atom. The van der Waals surface area contributed by atoms with E-state index in [-0.39, 0.29) is 0 Å². The zero-order valence-corrected chi connectivity index (χ0v) is 13.9. The van der Waals surface area contributed by atoms with Crippen molar-refractivity contribution in [3.8, 4) is 11.5 Å². The van der Waals surface area contributed by atoms with Crippen molar-refractivity contribution in [3.05, 3.63) is 95.6 Å². The molecule has 2 nitrogen and oxygen atoms in total. The standard InChI is InChI=1S/C22H20O2/c1-23-19-13-14-22(24-2)21(16-19)20(18-11-7-4-8-12-18)15-17-9-5-3-6-10-17/h3-16H,1-2H3. The molecule has 3 rings (SSSR count). The highest BCUT2D eigenvalue weighted by Crippen LogP contribution is 2.35. The largest absolute Gasteiger partial charge is 0.497 e. The average Bonchev–Trinajstić information content (AvgIpc) is 2.67. The summed E-state index contributed by atoms with van der Waals surface area (Å²) in [6.07, 6.45) is 2.17. The Morgan fingerprint density at radius 3 is 2.04 bits per heavy atom. The Labute approximate surface area is 143 Å². The van der Waals surface area contributed by atoms with E-state index in [2.05, 4.69) is 30.3 Å². The molecule has 0 bridgehead atoms. The predicted molar refractivity (Wildman–Crippen MR) is 99.4 cm³/mol. The third-order valence-electron chi connectivity index (χ3n) is 3.89. The normalized spacial score (nSPS) is 11.2. The molecule has 0 radical (unpaired) electrons. The number of ether oxygens (including phenoxy) is 2. The fourth-order valence-corrected chi connectivity index (χ4v) is 2.67. The molecule has 0 aliphatic rings. The van der Waals surface area contributed by atoms with Crippen molar-refractivity contribution in [1.29, 1.82) is 0 Å². The van der Waals surface area contributed by atoms with Gasteiger partial charge in [0.05, 0.1) is 14.2 Å². The van der Waals surface area contributed by atoms with Crippen LogP contribution in [-0.2, 0) is 0 Å². The van der Waals surface area contributed by atoms with Crippen LogP contribution in [0.15, 0.2) is 78.9 Å². The lowest BCUT2D eigenvalue weighted by Gasteiger charge is -2.14. The Kier molecular flexibility index (Phi) is 4.97. The molecule has 0 N–H and O–H groups in total. The van der Waals surface area contributed by atoms with Gasteiger partial charge in [0.2, 0.25) is 0 Å². The Balaban J connectivity index is 2.21. The van der Waals surface area contributed by atoms with E-state index < -0.39 is 0 Å². The second-order valence-electron chi connectivity index (χ2n) is 5.40. The third-order valence-corrected chi connectivity index (χ3v) is 3.89. The van der Waals surface area contributed by atoms with Gasteiger partial charge in [-0.3, -0.25) is 0 Å². The van der Waals surface area contributed by atoms with Crippen molar-refractivity contribution in [3.63, 3.8) is 0 Å². The van der Waals surface area contributed by atoms with Crippen molar-refractivity contribution in [2.75, 3.05) is 14.2 Å². The van der Waals surface area contributed by atoms with Crippen LogP contribution in [0.5, 0.6) is 11.5 Å². The van der Waals surface area contributed by atoms with E-state index in [0.717, 1.165) is 33.8 Å². The monoisotopic (exact) mass is 316 g/mol. The van der Waals surface area contributed by atoms with Gasteiger partial charge in [0, 0.05) is 5.56 Å². The van der Waals surface area contributed by atoms with Crippen LogP contribution in [0.25, 0.3) is 11.6 Å². The van der Waals surface area contributed by atoms with Gasteiger partial charge >= 0.3 is 0 Å². The minimum atomic E-state index is 0.806. The lowest BCUT2D eigenvalue weighted by Crippen LogP contribution is -1.95. The minimum absolute atomic E-state index is 0.806. The van der Waals surface area contributed by atoms with Crippen LogP contribution >= 0.6 is 0 Å². The predicted octanol–water partition coefficient (Wildman–Crippen LogP) is 5.29. The fourth-order valence-electron chi connectivity index (χ4n) is 2.67. The van der Waals surface area contributed by atoms with E-state index in [1.54, 1.807) is 14.2 Å². The molecule has 24 heavy (non-hydrogen) atoms. The molecule has 0 amide bonds. The van der Waals surface area contributed by atoms with Gasteiger partial charge in [-0.1, -0.05) is 60.7 Å². The Morgan fingerprint density at radius 1 is 0.750 bits per heavy atom. The maximum absolute atomic E-state index is 5.59. The topological polar surface area (TPSA) is 18.5 Å². The number of hydrogen-bond acceptors (Lipinski definition) is 2. The van der Waals surface area contributed by atoms with Crippen LogP contribution in [-0.4, -0.2) is 14.2 Å². The van der Waals surface area contributed by atoms with E-state index in [1.165, 1.54) is 0 Å². The summed E-state index contributed by atoms with van der Waals surface area (Å²) in [5.41, 5.74) is 4.37. The van der Waals surface area contributed by atoms with Gasteiger partial charge in [-0.2, -0.15) is 0 Å². The first-order chi connectivity index (χ1) is 11.8. The molecule has 0 atom stereocenters. The molecule has 0 heterocycles. The maximum atomic E-state index is 5.59. The zero-order valence-electron chi connectivity index (χ0n) is 13.9. The molecule has 120 valence electrons. The lowest BCUT2D eigenvalue weighted by molar-refractivity contribution is 0.402. The molecule has 0 saturated carbocycles. The minimum Gasteiger partial charge on any atom is -0.497 e. The van der Waals surface area contributed by atoms with Crippen molar-refractivity contribution in [2.24, 2.45) is 0 Å². The smallest absolute Gasteiger partial charge is 0.126 e. The summed E-state index contributed by atoms with van der Waals surface area (Å²) in [5.74, 6) is 1.63. The van der Waals surface area contributed by atoms with Crippen molar-refractivity contribution >= 4 is 11.6 Å². The molecule has 3 aromatic rings. The van der Waals surface area contributed by atoms with Crippen LogP contribution in [0.4, 0.5) is 0 Å². The van der Waals surface area contributed by atoms with Gasteiger partial charge in [-0.25, -0.2) is 0 Å². The number of methoxy groups -OCH3 is 2. The van der Waals surface area contributed by atoms with Crippen LogP contribution in [0.1, 0.15) is 16.7 Å². The molecular formula is C22H20O2. The average molecular weight is 316 g/mol. The molecule has 0 aliphatic carbocycles. The SMILES string of the molecule is COc1ccc(OC)c(C(=Cc2ccccc2)c2ccccc2)c1. The summed E-state index contributed by atoms with van der Waals surface area (Å²) in [6, 6.07) is 26.5. The van der Waals surface area contributed by atoms with Gasteiger partial charge in [0.15, 0.2) is 0 Å². The van der Waals surface area contributed by atoms with Crippen LogP contribution in [0, 0.1) is 0 Å². The molecule has 0 aliphatic heterocycles. The van der Waals surface area contributed by atoms with E-state index in [1.807, 2.05) is 54.6 Å². The maximum Gasteiger partial charge on any atom is 0.126 e. The van der Waals surface area contributed by atoms with E-state index in [4.69, 9.17) is 9.47 Å². The summed E-state index contributed by atoms with van der Waals surface area (Å²) < 4.78 is 11.0. The number of hydrogen-bond donors (Lipinski definition) is 0. The molecular weight excluding hydrogens is 296 g/mol. The number of rotatable bonds is 5. The van der Waals surface area contributed by atoms with E-state index >= 15 is 0 Å². The van der Waals surface area contributed by atoms with E-state index in [9.17, 15) is 0 Å². The summed E-state index contributed by atoms with van der Waals surface area (Å²) >= 11 is 0. The molecule has 0 unspecified atom stereocenters. The van der Waals surface area contributed by atoms with E-state index in [0.29, 0.717) is 0 Å². The lowest BCUT2D eigenvalue weighted by atomic mass is 9.94. The van der Waals surface area contributed by atoms with Crippen molar-refractivity contribution < 1.29 is 9.47 Å². The summed E-state index contributed by atoms with van der Waals surface area (Å²) in [5, 5.41) is 0. The van der Waals surface area contributed by atoms with Crippen molar-refractivity contribution in [2.45, 2.75) is 0 Å². The molecule has 3 aromatic carbocycles. The zero-order chi connectivity index (χ0) is 16.8. The highest BCUT2D eigenvalue weighted by atomic mass is 16.5. The third kappa shape index (κ3) is 3.49. The van der Waals surface area contributed by atoms with Crippen LogP contribution in [0.3, 0.4) is 0 Å². The molecule has 0 saturated heterocycles. The fraction of sp³-hybridized carbons (Fsp3) is 0.0909. The first-order valence-electron chi connectivity index (χ1n) is 7.86. The summed E-state index contributed by atoms with van der Waals surface area (Å²) in [4.78, 5) is 0. The van der Waals surface area contributed by atoms with Crippen LogP contribution in [0.2, 0.25) is 0 Å². The van der Waals surface area contributed by atoms with Crippen LogP contribution < -0.4 is 9.47 Å². The number of benzene rings is 3. The van der Waals surface area contributed by atoms with Gasteiger partial charge < -0.3 is 9.47 Å². The summed E-state index contributed by atoms with van der Waals surface area (Å²) in [6.45, 7) is 0. The van der Waals surface area contributed by atoms with Gasteiger partial charge in [-0.15, -0.1) is 0 Å². The van der Waals surface area contributed by atoms with Gasteiger partial charge in [-0.05, 0) is 41.0 Å². The highest BCUT2D eigenvalue weighted by molar-refractivity contribution is 5.93. The molecule has 2 heteroatoms. The summed E-state index contributed by atoms with van der Waals surface area (Å²) in [7, 11) is 3.37. The molecule has 0 aromatic heterocycles. The molecule has 0 spiro atoms. The van der Waals surface area contributed by atoms with Gasteiger partial charge in [0.25, 0.3) is 0 Å². The quantitative estimate of drug-likeness (QED) is 0.595. The second kappa shape index (κ2) is 7.51. The van der Waals surface area contributed by atoms with Gasteiger partial charge in [0.1, 0.15) is 11.5 Å². The molecule has 0 fully saturated rings. The second-order valence-corrected chi connectivity index (χ2v) is 5.40.